The molecule has 0 aliphatic heterocycles. The van der Waals surface area contributed by atoms with Crippen LogP contribution in [0.2, 0.25) is 0 Å². The molecule has 0 fully saturated rings. The Balaban J connectivity index is 1.78. The van der Waals surface area contributed by atoms with Gasteiger partial charge in [0.2, 0.25) is 11.6 Å². The van der Waals surface area contributed by atoms with Gasteiger partial charge in [0.15, 0.2) is 0 Å². The SMILES string of the molecule is COc1ccc(OC)c(NC(=O)Cn2c(=O)c3nnc(C(C)C)n3c3ccccc32)c1. The number of hydrogen-bond donors (Lipinski definition) is 1. The molecule has 9 nitrogen and oxygen atoms in total. The van der Waals surface area contributed by atoms with Crippen LogP contribution in [0, 0.1) is 0 Å². The second-order valence-corrected chi connectivity index (χ2v) is 7.37. The molecule has 0 saturated heterocycles. The third-order valence-corrected chi connectivity index (χ3v) is 5.04. The Bertz CT molecular complexity index is 1340. The van der Waals surface area contributed by atoms with Crippen molar-refractivity contribution in [1.82, 2.24) is 19.2 Å². The molecule has 4 aromatic rings. The lowest BCUT2D eigenvalue weighted by atomic mass is 10.2. The van der Waals surface area contributed by atoms with E-state index in [1.165, 1.54) is 18.8 Å². The number of nitrogens with zero attached hydrogens (tertiary/aromatic N) is 4. The van der Waals surface area contributed by atoms with Gasteiger partial charge in [-0.05, 0) is 24.3 Å². The van der Waals surface area contributed by atoms with E-state index in [1.54, 1.807) is 28.7 Å². The van der Waals surface area contributed by atoms with E-state index in [9.17, 15) is 9.59 Å². The van der Waals surface area contributed by atoms with E-state index in [0.717, 1.165) is 5.52 Å². The first-order valence-corrected chi connectivity index (χ1v) is 9.83. The number of amides is 1. The van der Waals surface area contributed by atoms with Crippen LogP contribution in [-0.4, -0.2) is 39.3 Å². The van der Waals surface area contributed by atoms with E-state index in [0.29, 0.717) is 28.5 Å². The minimum atomic E-state index is -0.383. The molecule has 1 N–H and O–H groups in total. The monoisotopic (exact) mass is 421 g/mol. The molecule has 31 heavy (non-hydrogen) atoms. The van der Waals surface area contributed by atoms with Crippen molar-refractivity contribution in [2.75, 3.05) is 19.5 Å². The molecule has 2 aromatic carbocycles. The highest BCUT2D eigenvalue weighted by atomic mass is 16.5. The van der Waals surface area contributed by atoms with Gasteiger partial charge in [-0.15, -0.1) is 10.2 Å². The van der Waals surface area contributed by atoms with Gasteiger partial charge in [-0.2, -0.15) is 0 Å². The van der Waals surface area contributed by atoms with E-state index in [1.807, 2.05) is 32.0 Å². The molecule has 0 aliphatic carbocycles. The maximum absolute atomic E-state index is 13.2. The van der Waals surface area contributed by atoms with Crippen molar-refractivity contribution < 1.29 is 14.3 Å². The fraction of sp³-hybridized carbons (Fsp3) is 0.273. The van der Waals surface area contributed by atoms with Crippen molar-refractivity contribution in [3.63, 3.8) is 0 Å². The molecule has 0 unspecified atom stereocenters. The Morgan fingerprint density at radius 2 is 1.81 bits per heavy atom. The number of methoxy groups -OCH3 is 2. The molecule has 0 atom stereocenters. The van der Waals surface area contributed by atoms with Crippen LogP contribution >= 0.6 is 0 Å². The predicted octanol–water partition coefficient (Wildman–Crippen LogP) is 2.82. The fourth-order valence-electron chi connectivity index (χ4n) is 3.56. The van der Waals surface area contributed by atoms with Gasteiger partial charge < -0.3 is 14.8 Å². The summed E-state index contributed by atoms with van der Waals surface area (Å²) in [5.41, 5.74) is 1.64. The first-order valence-electron chi connectivity index (χ1n) is 9.83. The van der Waals surface area contributed by atoms with Gasteiger partial charge in [0.25, 0.3) is 5.56 Å². The average molecular weight is 421 g/mol. The Hall–Kier alpha value is -3.88. The number of carbonyl (C=O) groups excluding carboxylic acids is 1. The number of hydrogen-bond acceptors (Lipinski definition) is 6. The fourth-order valence-corrected chi connectivity index (χ4v) is 3.56. The number of nitrogens with one attached hydrogen (secondary N) is 1. The van der Waals surface area contributed by atoms with E-state index in [4.69, 9.17) is 9.47 Å². The van der Waals surface area contributed by atoms with Crippen molar-refractivity contribution in [3.8, 4) is 11.5 Å². The Kier molecular flexibility index (Phi) is 5.33. The first kappa shape index (κ1) is 20.4. The summed E-state index contributed by atoms with van der Waals surface area (Å²) in [6.07, 6.45) is 0. The third-order valence-electron chi connectivity index (χ3n) is 5.04. The summed E-state index contributed by atoms with van der Waals surface area (Å²) in [6, 6.07) is 12.5. The first-order chi connectivity index (χ1) is 14.9. The standard InChI is InChI=1S/C22H23N5O4/c1-13(2)20-24-25-21-22(29)26(16-7-5-6-8-17(16)27(20)21)12-19(28)23-15-11-14(30-3)9-10-18(15)31-4/h5-11,13H,12H2,1-4H3,(H,23,28). The lowest BCUT2D eigenvalue weighted by Crippen LogP contribution is -2.29. The largest absolute Gasteiger partial charge is 0.497 e. The summed E-state index contributed by atoms with van der Waals surface area (Å²) < 4.78 is 13.7. The van der Waals surface area contributed by atoms with Crippen LogP contribution in [-0.2, 0) is 11.3 Å². The van der Waals surface area contributed by atoms with Crippen LogP contribution < -0.4 is 20.3 Å². The van der Waals surface area contributed by atoms with Crippen LogP contribution in [0.3, 0.4) is 0 Å². The normalized spacial score (nSPS) is 11.3. The molecule has 4 rings (SSSR count). The Labute approximate surface area is 178 Å². The van der Waals surface area contributed by atoms with E-state index >= 15 is 0 Å². The molecule has 0 spiro atoms. The van der Waals surface area contributed by atoms with E-state index in [2.05, 4.69) is 15.5 Å². The molecule has 160 valence electrons. The third kappa shape index (κ3) is 3.58. The number of aromatic nitrogens is 4. The van der Waals surface area contributed by atoms with Gasteiger partial charge in [-0.1, -0.05) is 26.0 Å². The molecular weight excluding hydrogens is 398 g/mol. The average Bonchev–Trinajstić information content (AvgIpc) is 3.22. The molecule has 2 aromatic heterocycles. The van der Waals surface area contributed by atoms with E-state index < -0.39 is 0 Å². The summed E-state index contributed by atoms with van der Waals surface area (Å²) in [4.78, 5) is 26.1. The number of para-hydroxylation sites is 2. The minimum absolute atomic E-state index is 0.0810. The summed E-state index contributed by atoms with van der Waals surface area (Å²) in [7, 11) is 3.05. The molecule has 1 amide bonds. The highest BCUT2D eigenvalue weighted by Gasteiger charge is 2.19. The second kappa shape index (κ2) is 8.10. The highest BCUT2D eigenvalue weighted by Crippen LogP contribution is 2.29. The quantitative estimate of drug-likeness (QED) is 0.514. The van der Waals surface area contributed by atoms with Crippen molar-refractivity contribution >= 4 is 28.3 Å². The van der Waals surface area contributed by atoms with Crippen molar-refractivity contribution in [2.45, 2.75) is 26.3 Å². The van der Waals surface area contributed by atoms with Crippen LogP contribution in [0.4, 0.5) is 5.69 Å². The zero-order valence-corrected chi connectivity index (χ0v) is 17.7. The zero-order valence-electron chi connectivity index (χ0n) is 17.7. The number of benzene rings is 2. The van der Waals surface area contributed by atoms with Crippen molar-refractivity contribution in [3.05, 3.63) is 58.6 Å². The maximum atomic E-state index is 13.2. The minimum Gasteiger partial charge on any atom is -0.497 e. The summed E-state index contributed by atoms with van der Waals surface area (Å²) in [5.74, 6) is 1.45. The van der Waals surface area contributed by atoms with E-state index in [-0.39, 0.29) is 29.6 Å². The van der Waals surface area contributed by atoms with Crippen LogP contribution in [0.5, 0.6) is 11.5 Å². The van der Waals surface area contributed by atoms with Gasteiger partial charge >= 0.3 is 0 Å². The zero-order chi connectivity index (χ0) is 22.1. The second-order valence-electron chi connectivity index (χ2n) is 7.37. The molecule has 0 radical (unpaired) electrons. The van der Waals surface area contributed by atoms with Crippen LogP contribution in [0.25, 0.3) is 16.7 Å². The van der Waals surface area contributed by atoms with Gasteiger partial charge in [0.05, 0.1) is 30.9 Å². The van der Waals surface area contributed by atoms with Crippen LogP contribution in [0.1, 0.15) is 25.6 Å². The topological polar surface area (TPSA) is 99.8 Å². The van der Waals surface area contributed by atoms with Crippen molar-refractivity contribution in [1.29, 1.82) is 0 Å². The predicted molar refractivity (Wildman–Crippen MR) is 117 cm³/mol. The number of fused-ring (bicyclic) bond motifs is 3. The molecular formula is C22H23N5O4. The number of ether oxygens (including phenoxy) is 2. The molecule has 9 heteroatoms. The molecule has 0 saturated carbocycles. The van der Waals surface area contributed by atoms with Crippen LogP contribution in [0.15, 0.2) is 47.3 Å². The number of anilines is 1. The molecule has 0 aliphatic rings. The number of rotatable bonds is 6. The highest BCUT2D eigenvalue weighted by molar-refractivity contribution is 5.93. The lowest BCUT2D eigenvalue weighted by Gasteiger charge is -2.15. The van der Waals surface area contributed by atoms with Crippen molar-refractivity contribution in [2.24, 2.45) is 0 Å². The van der Waals surface area contributed by atoms with Gasteiger partial charge in [0, 0.05) is 12.0 Å². The number of carbonyl (C=O) groups is 1. The summed E-state index contributed by atoms with van der Waals surface area (Å²) in [5, 5.41) is 11.1. The Morgan fingerprint density at radius 1 is 1.06 bits per heavy atom. The van der Waals surface area contributed by atoms with Gasteiger partial charge in [0.1, 0.15) is 23.9 Å². The molecule has 2 heterocycles. The smallest absolute Gasteiger partial charge is 0.297 e. The van der Waals surface area contributed by atoms with Gasteiger partial charge in [-0.25, -0.2) is 0 Å². The summed E-state index contributed by atoms with van der Waals surface area (Å²) >= 11 is 0. The maximum Gasteiger partial charge on any atom is 0.297 e. The molecule has 0 bridgehead atoms. The Morgan fingerprint density at radius 3 is 2.48 bits per heavy atom. The lowest BCUT2D eigenvalue weighted by molar-refractivity contribution is -0.116. The van der Waals surface area contributed by atoms with Gasteiger partial charge in [-0.3, -0.25) is 18.6 Å². The summed E-state index contributed by atoms with van der Waals surface area (Å²) in [6.45, 7) is 3.79.